The summed E-state index contributed by atoms with van der Waals surface area (Å²) in [6, 6.07) is 13.8. The molecule has 177 valence electrons. The SMILES string of the molecule is Cc1cc[c]c(S(=O)(=O)CCN2CCN(C[C@@H](O)COc3ccc4sc(C)nc4c3)CC2)c1. The zero-order valence-corrected chi connectivity index (χ0v) is 20.7. The molecule has 0 spiro atoms. The highest BCUT2D eigenvalue weighted by Crippen LogP contribution is 2.25. The van der Waals surface area contributed by atoms with Crippen LogP contribution in [0.2, 0.25) is 0 Å². The average molecular weight is 489 g/mol. The van der Waals surface area contributed by atoms with Gasteiger partial charge in [-0.1, -0.05) is 12.1 Å². The van der Waals surface area contributed by atoms with Crippen LogP contribution < -0.4 is 4.74 Å². The Morgan fingerprint density at radius 3 is 2.67 bits per heavy atom. The number of ether oxygens (including phenoxy) is 1. The second-order valence-corrected chi connectivity index (χ2v) is 11.8. The molecule has 1 fully saturated rings. The van der Waals surface area contributed by atoms with Crippen molar-refractivity contribution in [3.05, 3.63) is 53.0 Å². The Balaban J connectivity index is 1.18. The van der Waals surface area contributed by atoms with Crippen molar-refractivity contribution in [3.63, 3.8) is 0 Å². The van der Waals surface area contributed by atoms with Gasteiger partial charge in [0.15, 0.2) is 9.84 Å². The van der Waals surface area contributed by atoms with E-state index in [0.29, 0.717) is 18.8 Å². The van der Waals surface area contributed by atoms with Gasteiger partial charge in [0.05, 0.1) is 25.9 Å². The molecule has 33 heavy (non-hydrogen) atoms. The monoisotopic (exact) mass is 488 g/mol. The first kappa shape index (κ1) is 24.1. The highest BCUT2D eigenvalue weighted by atomic mass is 32.2. The van der Waals surface area contributed by atoms with E-state index in [1.807, 2.05) is 38.1 Å². The summed E-state index contributed by atoms with van der Waals surface area (Å²) in [7, 11) is -3.33. The lowest BCUT2D eigenvalue weighted by Gasteiger charge is -2.35. The number of nitrogens with zero attached hydrogens (tertiary/aromatic N) is 3. The van der Waals surface area contributed by atoms with Gasteiger partial charge in [0, 0.05) is 51.4 Å². The fourth-order valence-corrected chi connectivity index (χ4v) is 6.08. The van der Waals surface area contributed by atoms with Crippen molar-refractivity contribution in [1.82, 2.24) is 14.8 Å². The van der Waals surface area contributed by atoms with E-state index in [0.717, 1.165) is 47.0 Å². The van der Waals surface area contributed by atoms with E-state index in [4.69, 9.17) is 4.74 Å². The maximum Gasteiger partial charge on any atom is 0.180 e. The van der Waals surface area contributed by atoms with E-state index >= 15 is 0 Å². The van der Waals surface area contributed by atoms with Crippen LogP contribution in [-0.4, -0.2) is 86.0 Å². The van der Waals surface area contributed by atoms with Crippen LogP contribution in [0.15, 0.2) is 41.3 Å². The maximum atomic E-state index is 12.6. The van der Waals surface area contributed by atoms with E-state index in [2.05, 4.69) is 20.9 Å². The molecule has 0 amide bonds. The predicted molar refractivity (Wildman–Crippen MR) is 131 cm³/mol. The van der Waals surface area contributed by atoms with Gasteiger partial charge in [-0.25, -0.2) is 13.4 Å². The minimum Gasteiger partial charge on any atom is -0.491 e. The first-order valence-corrected chi connectivity index (χ1v) is 13.6. The maximum absolute atomic E-state index is 12.6. The van der Waals surface area contributed by atoms with Crippen molar-refractivity contribution in [2.45, 2.75) is 24.8 Å². The summed E-state index contributed by atoms with van der Waals surface area (Å²) in [5.41, 5.74) is 1.84. The molecule has 1 aliphatic heterocycles. The summed E-state index contributed by atoms with van der Waals surface area (Å²) >= 11 is 1.65. The number of thiazole rings is 1. The Hall–Kier alpha value is -2.04. The van der Waals surface area contributed by atoms with Crippen LogP contribution in [0.3, 0.4) is 0 Å². The van der Waals surface area contributed by atoms with Crippen LogP contribution in [-0.2, 0) is 9.84 Å². The van der Waals surface area contributed by atoms with Crippen molar-refractivity contribution in [2.75, 3.05) is 51.6 Å². The normalized spacial score (nSPS) is 16.8. The number of β-amino-alcohol motifs (C(OH)–C–C–N with tert-alkyl or cyclic N) is 1. The molecule has 7 nitrogen and oxygen atoms in total. The zero-order chi connectivity index (χ0) is 23.4. The van der Waals surface area contributed by atoms with E-state index in [9.17, 15) is 13.5 Å². The number of aromatic nitrogens is 1. The molecule has 0 unspecified atom stereocenters. The Kier molecular flexibility index (Phi) is 7.65. The van der Waals surface area contributed by atoms with Gasteiger partial charge in [-0.05, 0) is 37.6 Å². The number of hydrogen-bond donors (Lipinski definition) is 1. The van der Waals surface area contributed by atoms with Gasteiger partial charge >= 0.3 is 0 Å². The van der Waals surface area contributed by atoms with E-state index in [-0.39, 0.29) is 17.3 Å². The summed E-state index contributed by atoms with van der Waals surface area (Å²) in [6.07, 6.45) is -0.596. The van der Waals surface area contributed by atoms with Gasteiger partial charge in [-0.2, -0.15) is 0 Å². The first-order valence-electron chi connectivity index (χ1n) is 11.1. The fourth-order valence-electron chi connectivity index (χ4n) is 3.94. The second-order valence-electron chi connectivity index (χ2n) is 8.52. The van der Waals surface area contributed by atoms with Gasteiger partial charge < -0.3 is 9.84 Å². The lowest BCUT2D eigenvalue weighted by molar-refractivity contribution is 0.0472. The molecule has 2 aromatic carbocycles. The molecule has 0 saturated carbocycles. The topological polar surface area (TPSA) is 83.0 Å². The molecule has 1 aliphatic rings. The predicted octanol–water partition coefficient (Wildman–Crippen LogP) is 2.54. The summed E-state index contributed by atoms with van der Waals surface area (Å²) in [4.78, 5) is 9.11. The molecule has 4 rings (SSSR count). The van der Waals surface area contributed by atoms with Gasteiger partial charge in [0.1, 0.15) is 18.5 Å². The summed E-state index contributed by atoms with van der Waals surface area (Å²) in [5.74, 6) is 0.801. The smallest absolute Gasteiger partial charge is 0.180 e. The Bertz CT molecular complexity index is 1190. The van der Waals surface area contributed by atoms with Crippen LogP contribution in [0, 0.1) is 19.9 Å². The van der Waals surface area contributed by atoms with E-state index in [1.54, 1.807) is 23.5 Å². The summed E-state index contributed by atoms with van der Waals surface area (Å²) in [5, 5.41) is 11.4. The number of aliphatic hydroxyl groups is 1. The van der Waals surface area contributed by atoms with Gasteiger partial charge in [0.25, 0.3) is 0 Å². The number of benzene rings is 2. The number of piperazine rings is 1. The molecular formula is C24H30N3O4S2. The Morgan fingerprint density at radius 1 is 1.15 bits per heavy atom. The van der Waals surface area contributed by atoms with Crippen LogP contribution in [0.25, 0.3) is 10.2 Å². The lowest BCUT2D eigenvalue weighted by Crippen LogP contribution is -2.50. The van der Waals surface area contributed by atoms with Crippen LogP contribution in [0.5, 0.6) is 5.75 Å². The highest BCUT2D eigenvalue weighted by molar-refractivity contribution is 7.91. The zero-order valence-electron chi connectivity index (χ0n) is 19.0. The van der Waals surface area contributed by atoms with Crippen molar-refractivity contribution < 1.29 is 18.3 Å². The third-order valence-corrected chi connectivity index (χ3v) is 8.36. The van der Waals surface area contributed by atoms with Gasteiger partial charge in [-0.15, -0.1) is 11.3 Å². The molecule has 1 saturated heterocycles. The number of aliphatic hydroxyl groups excluding tert-OH is 1. The third kappa shape index (κ3) is 6.51. The molecule has 0 aliphatic carbocycles. The number of rotatable bonds is 9. The molecule has 1 atom stereocenters. The largest absolute Gasteiger partial charge is 0.491 e. The lowest BCUT2D eigenvalue weighted by atomic mass is 10.2. The van der Waals surface area contributed by atoms with Gasteiger partial charge in [-0.3, -0.25) is 9.80 Å². The Labute approximate surface area is 199 Å². The fraction of sp³-hybridized carbons (Fsp3) is 0.458. The van der Waals surface area contributed by atoms with E-state index in [1.165, 1.54) is 0 Å². The highest BCUT2D eigenvalue weighted by Gasteiger charge is 2.22. The molecule has 0 bridgehead atoms. The molecular weight excluding hydrogens is 458 g/mol. The van der Waals surface area contributed by atoms with Crippen LogP contribution in [0.1, 0.15) is 10.6 Å². The van der Waals surface area contributed by atoms with Crippen LogP contribution in [0.4, 0.5) is 0 Å². The Morgan fingerprint density at radius 2 is 1.91 bits per heavy atom. The molecule has 1 N–H and O–H groups in total. The first-order chi connectivity index (χ1) is 15.8. The number of fused-ring (bicyclic) bond motifs is 1. The molecule has 1 aromatic heterocycles. The summed E-state index contributed by atoms with van der Waals surface area (Å²) in [6.45, 7) is 8.25. The van der Waals surface area contributed by atoms with Crippen molar-refractivity contribution >= 4 is 31.4 Å². The standard InChI is InChI=1S/C24H30N3O4S2/c1-18-4-3-5-22(14-18)33(29,30)13-12-26-8-10-27(11-9-26)16-20(28)17-31-21-6-7-24-23(15-21)25-19(2)32-24/h3-4,6-7,14-15,20,28H,8-13,16-17H2,1-2H3/t20-/m1/s1. The number of sulfone groups is 1. The number of hydrogen-bond acceptors (Lipinski definition) is 8. The molecule has 3 aromatic rings. The van der Waals surface area contributed by atoms with E-state index < -0.39 is 15.9 Å². The molecule has 9 heteroatoms. The molecule has 1 radical (unpaired) electrons. The van der Waals surface area contributed by atoms with Gasteiger partial charge in [0.2, 0.25) is 0 Å². The quantitative estimate of drug-likeness (QED) is 0.496. The molecule has 2 heterocycles. The van der Waals surface area contributed by atoms with Crippen molar-refractivity contribution in [1.29, 1.82) is 0 Å². The van der Waals surface area contributed by atoms with Crippen LogP contribution >= 0.6 is 11.3 Å². The summed E-state index contributed by atoms with van der Waals surface area (Å²) < 4.78 is 32.1. The second kappa shape index (κ2) is 10.5. The number of aryl methyl sites for hydroxylation is 2. The van der Waals surface area contributed by atoms with Crippen molar-refractivity contribution in [3.8, 4) is 5.75 Å². The third-order valence-electron chi connectivity index (χ3n) is 5.78. The van der Waals surface area contributed by atoms with Crippen molar-refractivity contribution in [2.24, 2.45) is 0 Å². The minimum atomic E-state index is -3.33. The minimum absolute atomic E-state index is 0.0896. The average Bonchev–Trinajstić information content (AvgIpc) is 3.16.